The zero-order valence-corrected chi connectivity index (χ0v) is 10.2. The second-order valence-electron chi connectivity index (χ2n) is 3.70. The lowest BCUT2D eigenvalue weighted by atomic mass is 10.2. The summed E-state index contributed by atoms with van der Waals surface area (Å²) in [7, 11) is 1.35. The maximum absolute atomic E-state index is 10.9. The van der Waals surface area contributed by atoms with Gasteiger partial charge in [-0.15, -0.1) is 5.10 Å². The van der Waals surface area contributed by atoms with Gasteiger partial charge in [0.2, 0.25) is 0 Å². The average Bonchev–Trinajstić information content (AvgIpc) is 2.79. The van der Waals surface area contributed by atoms with Gasteiger partial charge < -0.3 is 4.74 Å². The molecule has 19 heavy (non-hydrogen) atoms. The van der Waals surface area contributed by atoms with Gasteiger partial charge in [-0.25, -0.2) is 4.68 Å². The standard InChI is InChI=1S/C11H10N4O4/c1-7-9(6-16)12-13-14(7)8-3-4-11(19-2)10(5-8)15(17)18/h3-6H,1-2H3. The normalized spacial score (nSPS) is 10.2. The van der Waals surface area contributed by atoms with Gasteiger partial charge in [-0.1, -0.05) is 5.21 Å². The molecule has 0 bridgehead atoms. The van der Waals surface area contributed by atoms with Crippen molar-refractivity contribution in [2.75, 3.05) is 7.11 Å². The molecule has 0 saturated heterocycles. The van der Waals surface area contributed by atoms with Crippen LogP contribution in [-0.2, 0) is 0 Å². The van der Waals surface area contributed by atoms with Crippen LogP contribution in [0, 0.1) is 17.0 Å². The number of carbonyl (C=O) groups excluding carboxylic acids is 1. The molecule has 8 nitrogen and oxygen atoms in total. The van der Waals surface area contributed by atoms with Crippen LogP contribution in [0.4, 0.5) is 5.69 Å². The molecule has 0 aliphatic heterocycles. The number of nitrogens with zero attached hydrogens (tertiary/aromatic N) is 4. The highest BCUT2D eigenvalue weighted by atomic mass is 16.6. The molecule has 2 rings (SSSR count). The minimum atomic E-state index is -0.546. The Bertz CT molecular complexity index is 650. The van der Waals surface area contributed by atoms with Crippen LogP contribution in [0.1, 0.15) is 16.2 Å². The van der Waals surface area contributed by atoms with Crippen LogP contribution in [0.25, 0.3) is 5.69 Å². The van der Waals surface area contributed by atoms with Gasteiger partial charge in [-0.3, -0.25) is 14.9 Å². The number of ether oxygens (including phenoxy) is 1. The number of nitro benzene ring substituents is 1. The van der Waals surface area contributed by atoms with Crippen LogP contribution in [0.5, 0.6) is 5.75 Å². The van der Waals surface area contributed by atoms with Crippen LogP contribution < -0.4 is 4.74 Å². The van der Waals surface area contributed by atoms with Gasteiger partial charge in [-0.05, 0) is 19.1 Å². The Labute approximate surface area is 107 Å². The van der Waals surface area contributed by atoms with E-state index < -0.39 is 4.92 Å². The highest BCUT2D eigenvalue weighted by Gasteiger charge is 2.18. The lowest BCUT2D eigenvalue weighted by Gasteiger charge is -2.05. The molecule has 0 fully saturated rings. The van der Waals surface area contributed by atoms with Crippen molar-refractivity contribution < 1.29 is 14.5 Å². The number of benzene rings is 1. The Morgan fingerprint density at radius 1 is 1.47 bits per heavy atom. The van der Waals surface area contributed by atoms with Crippen molar-refractivity contribution in [1.29, 1.82) is 0 Å². The number of aldehydes is 1. The zero-order chi connectivity index (χ0) is 14.0. The first-order chi connectivity index (χ1) is 9.08. The molecule has 0 unspecified atom stereocenters. The monoisotopic (exact) mass is 262 g/mol. The second-order valence-corrected chi connectivity index (χ2v) is 3.70. The fourth-order valence-electron chi connectivity index (χ4n) is 1.65. The summed E-state index contributed by atoms with van der Waals surface area (Å²) in [5.41, 5.74) is 0.959. The maximum atomic E-state index is 10.9. The highest BCUT2D eigenvalue weighted by molar-refractivity contribution is 5.73. The summed E-state index contributed by atoms with van der Waals surface area (Å²) in [4.78, 5) is 21.1. The molecule has 1 aromatic carbocycles. The molecule has 0 atom stereocenters. The molecule has 0 amide bonds. The van der Waals surface area contributed by atoms with Crippen molar-refractivity contribution in [1.82, 2.24) is 15.0 Å². The minimum absolute atomic E-state index is 0.155. The van der Waals surface area contributed by atoms with E-state index in [9.17, 15) is 14.9 Å². The van der Waals surface area contributed by atoms with Crippen molar-refractivity contribution in [3.63, 3.8) is 0 Å². The van der Waals surface area contributed by atoms with Gasteiger partial charge in [0.1, 0.15) is 5.69 Å². The molecule has 0 saturated carbocycles. The van der Waals surface area contributed by atoms with E-state index in [0.717, 1.165) is 0 Å². The summed E-state index contributed by atoms with van der Waals surface area (Å²) in [6, 6.07) is 4.38. The summed E-state index contributed by atoms with van der Waals surface area (Å²) < 4.78 is 6.27. The number of hydrogen-bond donors (Lipinski definition) is 0. The third kappa shape index (κ3) is 2.15. The van der Waals surface area contributed by atoms with E-state index in [0.29, 0.717) is 17.7 Å². The minimum Gasteiger partial charge on any atom is -0.490 e. The first kappa shape index (κ1) is 12.7. The van der Waals surface area contributed by atoms with Gasteiger partial charge in [0.15, 0.2) is 12.0 Å². The van der Waals surface area contributed by atoms with Crippen LogP contribution in [0.15, 0.2) is 18.2 Å². The topological polar surface area (TPSA) is 100 Å². The number of hydrogen-bond acceptors (Lipinski definition) is 6. The number of aromatic nitrogens is 3. The van der Waals surface area contributed by atoms with Crippen molar-refractivity contribution >= 4 is 12.0 Å². The molecule has 2 aromatic rings. The number of nitro groups is 1. The molecule has 0 N–H and O–H groups in total. The van der Waals surface area contributed by atoms with Crippen molar-refractivity contribution in [2.24, 2.45) is 0 Å². The molecule has 8 heteroatoms. The van der Waals surface area contributed by atoms with Gasteiger partial charge in [0.05, 0.1) is 23.4 Å². The summed E-state index contributed by atoms with van der Waals surface area (Å²) in [6.45, 7) is 1.65. The quantitative estimate of drug-likeness (QED) is 0.467. The Morgan fingerprint density at radius 3 is 2.74 bits per heavy atom. The lowest BCUT2D eigenvalue weighted by Crippen LogP contribution is -2.02. The number of rotatable bonds is 4. The van der Waals surface area contributed by atoms with E-state index in [4.69, 9.17) is 4.74 Å². The first-order valence-corrected chi connectivity index (χ1v) is 5.28. The predicted molar refractivity (Wildman–Crippen MR) is 64.7 cm³/mol. The van der Waals surface area contributed by atoms with Crippen LogP contribution in [-0.4, -0.2) is 33.3 Å². The third-order valence-electron chi connectivity index (χ3n) is 2.65. The fourth-order valence-corrected chi connectivity index (χ4v) is 1.65. The molecule has 98 valence electrons. The van der Waals surface area contributed by atoms with E-state index in [1.54, 1.807) is 13.0 Å². The van der Waals surface area contributed by atoms with Gasteiger partial charge in [0, 0.05) is 6.07 Å². The van der Waals surface area contributed by atoms with Crippen LogP contribution >= 0.6 is 0 Å². The molecular weight excluding hydrogens is 252 g/mol. The zero-order valence-electron chi connectivity index (χ0n) is 10.2. The van der Waals surface area contributed by atoms with E-state index in [1.807, 2.05) is 0 Å². The summed E-state index contributed by atoms with van der Waals surface area (Å²) in [6.07, 6.45) is 0.580. The van der Waals surface area contributed by atoms with Gasteiger partial charge in [-0.2, -0.15) is 0 Å². The van der Waals surface area contributed by atoms with Crippen molar-refractivity contribution in [3.8, 4) is 11.4 Å². The number of carbonyl (C=O) groups is 1. The summed E-state index contributed by atoms with van der Waals surface area (Å²) in [5.74, 6) is 0.155. The van der Waals surface area contributed by atoms with E-state index >= 15 is 0 Å². The Kier molecular flexibility index (Phi) is 3.23. The molecule has 1 aromatic heterocycles. The van der Waals surface area contributed by atoms with Gasteiger partial charge in [0.25, 0.3) is 0 Å². The second kappa shape index (κ2) is 4.84. The van der Waals surface area contributed by atoms with Crippen molar-refractivity contribution in [2.45, 2.75) is 6.92 Å². The Hall–Kier alpha value is -2.77. The van der Waals surface area contributed by atoms with Crippen LogP contribution in [0.2, 0.25) is 0 Å². The molecule has 0 radical (unpaired) electrons. The van der Waals surface area contributed by atoms with E-state index in [-0.39, 0.29) is 17.1 Å². The van der Waals surface area contributed by atoms with E-state index in [1.165, 1.54) is 23.9 Å². The highest BCUT2D eigenvalue weighted by Crippen LogP contribution is 2.29. The third-order valence-corrected chi connectivity index (χ3v) is 2.65. The fraction of sp³-hybridized carbons (Fsp3) is 0.182. The predicted octanol–water partition coefficient (Wildman–Crippen LogP) is 1.31. The lowest BCUT2D eigenvalue weighted by molar-refractivity contribution is -0.385. The molecule has 0 aliphatic rings. The Balaban J connectivity index is 2.57. The van der Waals surface area contributed by atoms with Crippen LogP contribution in [0.3, 0.4) is 0 Å². The van der Waals surface area contributed by atoms with Gasteiger partial charge >= 0.3 is 5.69 Å². The molecule has 0 spiro atoms. The Morgan fingerprint density at radius 2 is 2.21 bits per heavy atom. The number of methoxy groups -OCH3 is 1. The molecular formula is C11H10N4O4. The largest absolute Gasteiger partial charge is 0.490 e. The van der Waals surface area contributed by atoms with E-state index in [2.05, 4.69) is 10.3 Å². The average molecular weight is 262 g/mol. The molecule has 0 aliphatic carbocycles. The maximum Gasteiger partial charge on any atom is 0.313 e. The summed E-state index contributed by atoms with van der Waals surface area (Å²) in [5, 5.41) is 18.4. The SMILES string of the molecule is COc1ccc(-n2nnc(C=O)c2C)cc1[N+](=O)[O-]. The smallest absolute Gasteiger partial charge is 0.313 e. The first-order valence-electron chi connectivity index (χ1n) is 5.28. The van der Waals surface area contributed by atoms with Crippen molar-refractivity contribution in [3.05, 3.63) is 39.7 Å². The summed E-state index contributed by atoms with van der Waals surface area (Å²) >= 11 is 0. The molecule has 1 heterocycles.